The van der Waals surface area contributed by atoms with Crippen molar-refractivity contribution in [2.24, 2.45) is 0 Å². The van der Waals surface area contributed by atoms with Crippen LogP contribution in [-0.4, -0.2) is 50.9 Å². The normalized spacial score (nSPS) is 18.8. The fourth-order valence-electron chi connectivity index (χ4n) is 4.96. The van der Waals surface area contributed by atoms with Gasteiger partial charge in [0, 0.05) is 19.1 Å². The number of amides is 3. The van der Waals surface area contributed by atoms with E-state index in [9.17, 15) is 14.4 Å². The van der Waals surface area contributed by atoms with Gasteiger partial charge in [0.15, 0.2) is 5.69 Å². The summed E-state index contributed by atoms with van der Waals surface area (Å²) in [5.74, 6) is -0.307. The Kier molecular flexibility index (Phi) is 6.45. The smallest absolute Gasteiger partial charge is 0.274 e. The Morgan fingerprint density at radius 1 is 1.08 bits per heavy atom. The summed E-state index contributed by atoms with van der Waals surface area (Å²) >= 11 is 0. The average molecular weight is 502 g/mol. The molecule has 2 heterocycles. The van der Waals surface area contributed by atoms with Crippen LogP contribution in [-0.2, 0) is 24.4 Å². The van der Waals surface area contributed by atoms with Gasteiger partial charge in [-0.2, -0.15) is 0 Å². The van der Waals surface area contributed by atoms with Gasteiger partial charge in [-0.1, -0.05) is 42.0 Å². The molecule has 37 heavy (non-hydrogen) atoms. The zero-order chi connectivity index (χ0) is 26.2. The molecule has 2 N–H and O–H groups in total. The first-order valence-corrected chi connectivity index (χ1v) is 12.4. The number of nitrogens with zero attached hydrogens (tertiary/aromatic N) is 3. The average Bonchev–Trinajstić information content (AvgIpc) is 3.63. The van der Waals surface area contributed by atoms with E-state index in [0.717, 1.165) is 29.5 Å². The van der Waals surface area contributed by atoms with Crippen LogP contribution in [0.3, 0.4) is 0 Å². The van der Waals surface area contributed by atoms with Crippen molar-refractivity contribution in [3.05, 3.63) is 82.9 Å². The molecule has 2 aliphatic rings. The van der Waals surface area contributed by atoms with Crippen molar-refractivity contribution in [3.63, 3.8) is 0 Å². The lowest BCUT2D eigenvalue weighted by Gasteiger charge is -2.44. The van der Waals surface area contributed by atoms with Crippen LogP contribution in [0.2, 0.25) is 0 Å². The molecule has 1 aliphatic carbocycles. The number of methoxy groups -OCH3 is 1. The molecule has 3 aromatic rings. The van der Waals surface area contributed by atoms with Crippen molar-refractivity contribution in [1.82, 2.24) is 25.1 Å². The Bertz CT molecular complexity index is 1360. The summed E-state index contributed by atoms with van der Waals surface area (Å²) in [4.78, 5) is 46.3. The molecule has 1 saturated carbocycles. The van der Waals surface area contributed by atoms with Crippen LogP contribution in [0.4, 0.5) is 0 Å². The third-order valence-electron chi connectivity index (χ3n) is 7.01. The molecule has 9 heteroatoms. The third kappa shape index (κ3) is 4.81. The van der Waals surface area contributed by atoms with Gasteiger partial charge in [-0.15, -0.1) is 0 Å². The van der Waals surface area contributed by atoms with Crippen molar-refractivity contribution in [2.75, 3.05) is 7.11 Å². The van der Waals surface area contributed by atoms with Gasteiger partial charge in [-0.25, -0.2) is 4.98 Å². The number of carbonyl (C=O) groups is 3. The van der Waals surface area contributed by atoms with Crippen LogP contribution < -0.4 is 15.4 Å². The maximum Gasteiger partial charge on any atom is 0.274 e. The Labute approximate surface area is 215 Å². The second kappa shape index (κ2) is 9.72. The zero-order valence-corrected chi connectivity index (χ0v) is 21.3. The van der Waals surface area contributed by atoms with E-state index in [2.05, 4.69) is 15.6 Å². The van der Waals surface area contributed by atoms with Crippen molar-refractivity contribution in [2.45, 2.75) is 57.9 Å². The van der Waals surface area contributed by atoms with E-state index in [0.29, 0.717) is 12.3 Å². The van der Waals surface area contributed by atoms with Crippen molar-refractivity contribution in [1.29, 1.82) is 0 Å². The van der Waals surface area contributed by atoms with E-state index < -0.39 is 11.4 Å². The molecule has 1 aliphatic heterocycles. The van der Waals surface area contributed by atoms with Crippen LogP contribution in [0.15, 0.2) is 54.9 Å². The first-order valence-electron chi connectivity index (χ1n) is 12.4. The lowest BCUT2D eigenvalue weighted by atomic mass is 9.93. The highest BCUT2D eigenvalue weighted by atomic mass is 16.5. The Hall–Kier alpha value is -4.14. The van der Waals surface area contributed by atoms with Crippen LogP contribution in [0.5, 0.6) is 5.75 Å². The van der Waals surface area contributed by atoms with E-state index in [4.69, 9.17) is 4.74 Å². The predicted molar refractivity (Wildman–Crippen MR) is 137 cm³/mol. The Balaban J connectivity index is 1.35. The summed E-state index contributed by atoms with van der Waals surface area (Å²) in [6, 6.07) is 15.3. The number of aryl methyl sites for hydroxylation is 1. The van der Waals surface area contributed by atoms with Gasteiger partial charge in [-0.05, 0) is 49.9 Å². The minimum Gasteiger partial charge on any atom is -0.497 e. The van der Waals surface area contributed by atoms with Gasteiger partial charge < -0.3 is 24.8 Å². The molecule has 1 fully saturated rings. The van der Waals surface area contributed by atoms with Gasteiger partial charge in [-0.3, -0.25) is 14.4 Å². The molecule has 1 aromatic heterocycles. The highest BCUT2D eigenvalue weighted by Gasteiger charge is 2.53. The molecule has 1 atom stereocenters. The maximum absolute atomic E-state index is 13.8. The summed E-state index contributed by atoms with van der Waals surface area (Å²) in [5, 5.41) is 5.87. The molecular formula is C28H31N5O4. The van der Waals surface area contributed by atoms with E-state index >= 15 is 0 Å². The van der Waals surface area contributed by atoms with Gasteiger partial charge in [0.25, 0.3) is 11.8 Å². The number of fused-ring (bicyclic) bond motifs is 1. The number of ether oxygens (including phenoxy) is 1. The number of rotatable bonds is 8. The second-order valence-corrected chi connectivity index (χ2v) is 9.96. The summed E-state index contributed by atoms with van der Waals surface area (Å²) in [6.07, 6.45) is 3.14. The van der Waals surface area contributed by atoms with E-state index in [-0.39, 0.29) is 42.3 Å². The minimum atomic E-state index is -1.09. The predicted octanol–water partition coefficient (Wildman–Crippen LogP) is 2.82. The lowest BCUT2D eigenvalue weighted by molar-refractivity contribution is -0.133. The van der Waals surface area contributed by atoms with E-state index in [1.807, 2.05) is 55.5 Å². The molecule has 1 unspecified atom stereocenters. The molecular weight excluding hydrogens is 470 g/mol. The largest absolute Gasteiger partial charge is 0.497 e. The fraction of sp³-hybridized carbons (Fsp3) is 0.357. The number of hydrogen-bond acceptors (Lipinski definition) is 5. The number of carbonyl (C=O) groups excluding carboxylic acids is 3. The topological polar surface area (TPSA) is 106 Å². The van der Waals surface area contributed by atoms with Crippen LogP contribution in [0.1, 0.15) is 57.4 Å². The molecule has 9 nitrogen and oxygen atoms in total. The SMILES string of the molecule is COc1cccc(CNC(=O)c2ncn3c2C(=O)N(C2CC2)C(C)(C(=O)NCc2cccc(C)c2)C3)c1. The highest BCUT2D eigenvalue weighted by Crippen LogP contribution is 2.38. The van der Waals surface area contributed by atoms with Gasteiger partial charge in [0.05, 0.1) is 20.0 Å². The minimum absolute atomic E-state index is 0.0291. The second-order valence-electron chi connectivity index (χ2n) is 9.96. The molecule has 3 amide bonds. The highest BCUT2D eigenvalue weighted by molar-refractivity contribution is 6.07. The van der Waals surface area contributed by atoms with E-state index in [1.54, 1.807) is 23.5 Å². The third-order valence-corrected chi connectivity index (χ3v) is 7.01. The lowest BCUT2D eigenvalue weighted by Crippen LogP contribution is -2.64. The van der Waals surface area contributed by atoms with Crippen molar-refractivity contribution >= 4 is 17.7 Å². The molecule has 0 bridgehead atoms. The number of nitrogens with one attached hydrogen (secondary N) is 2. The van der Waals surface area contributed by atoms with E-state index in [1.165, 1.54) is 6.33 Å². The van der Waals surface area contributed by atoms with Gasteiger partial charge in [0.2, 0.25) is 5.91 Å². The first-order chi connectivity index (χ1) is 17.8. The van der Waals surface area contributed by atoms with Crippen LogP contribution in [0.25, 0.3) is 0 Å². The Morgan fingerprint density at radius 3 is 2.49 bits per heavy atom. The van der Waals surface area contributed by atoms with Crippen molar-refractivity contribution < 1.29 is 19.1 Å². The molecule has 5 rings (SSSR count). The number of benzene rings is 2. The van der Waals surface area contributed by atoms with Crippen molar-refractivity contribution in [3.8, 4) is 5.75 Å². The zero-order valence-electron chi connectivity index (χ0n) is 21.3. The van der Waals surface area contributed by atoms with Crippen LogP contribution >= 0.6 is 0 Å². The summed E-state index contributed by atoms with van der Waals surface area (Å²) in [5.41, 5.74) is 2.18. The fourth-order valence-corrected chi connectivity index (χ4v) is 4.96. The molecule has 2 aromatic carbocycles. The number of imidazole rings is 1. The molecule has 0 radical (unpaired) electrons. The summed E-state index contributed by atoms with van der Waals surface area (Å²) < 4.78 is 6.87. The first kappa shape index (κ1) is 24.5. The maximum atomic E-state index is 13.8. The molecule has 192 valence electrons. The van der Waals surface area contributed by atoms with Gasteiger partial charge in [0.1, 0.15) is 17.0 Å². The monoisotopic (exact) mass is 501 g/mol. The standard InChI is InChI=1S/C28H31N5O4/c1-18-6-4-7-19(12-18)15-30-27(36)28(2)16-32-17-31-23(24(32)26(35)33(28)21-10-11-21)25(34)29-14-20-8-5-9-22(13-20)37-3/h4-9,12-13,17,21H,10-11,14-16H2,1-3H3,(H,29,34)(H,30,36). The van der Waals surface area contributed by atoms with Crippen LogP contribution in [0, 0.1) is 6.92 Å². The Morgan fingerprint density at radius 2 is 1.78 bits per heavy atom. The number of aromatic nitrogens is 2. The summed E-state index contributed by atoms with van der Waals surface area (Å²) in [7, 11) is 1.59. The quantitative estimate of drug-likeness (QED) is 0.494. The molecule has 0 saturated heterocycles. The summed E-state index contributed by atoms with van der Waals surface area (Å²) in [6.45, 7) is 4.66. The molecule has 0 spiro atoms. The van der Waals surface area contributed by atoms with Gasteiger partial charge >= 0.3 is 0 Å². The number of hydrogen-bond donors (Lipinski definition) is 2.